The number of fused-ring (bicyclic) bond motifs is 1. The molecular formula is C11H14BNO. The number of hydrogen-bond donors (Lipinski definition) is 1. The molecule has 0 aromatic rings. The second kappa shape index (κ2) is 3.88. The predicted octanol–water partition coefficient (Wildman–Crippen LogP) is 1.67. The summed E-state index contributed by atoms with van der Waals surface area (Å²) in [6, 6.07) is 0. The zero-order chi connectivity index (χ0) is 9.97. The van der Waals surface area contributed by atoms with Crippen molar-refractivity contribution in [2.24, 2.45) is 0 Å². The summed E-state index contributed by atoms with van der Waals surface area (Å²) < 4.78 is 0. The smallest absolute Gasteiger partial charge is 0.312 e. The van der Waals surface area contributed by atoms with Crippen LogP contribution in [0.2, 0.25) is 0 Å². The summed E-state index contributed by atoms with van der Waals surface area (Å²) in [5, 5.41) is 9.82. The van der Waals surface area contributed by atoms with Crippen molar-refractivity contribution in [2.45, 2.75) is 19.4 Å². The highest BCUT2D eigenvalue weighted by atomic mass is 16.3. The van der Waals surface area contributed by atoms with E-state index in [0.29, 0.717) is 0 Å². The van der Waals surface area contributed by atoms with E-state index in [0.717, 1.165) is 12.1 Å². The highest BCUT2D eigenvalue weighted by Crippen LogP contribution is 2.21. The fourth-order valence-electron chi connectivity index (χ4n) is 1.77. The average Bonchev–Trinajstić information content (AvgIpc) is 2.27. The van der Waals surface area contributed by atoms with Crippen LogP contribution >= 0.6 is 0 Å². The molecule has 2 heterocycles. The summed E-state index contributed by atoms with van der Waals surface area (Å²) in [5.41, 5.74) is 0.987. The molecule has 1 atom stereocenters. The van der Waals surface area contributed by atoms with Crippen LogP contribution in [-0.4, -0.2) is 22.9 Å². The molecule has 2 aliphatic heterocycles. The molecular weight excluding hydrogens is 173 g/mol. The minimum atomic E-state index is -0.362. The van der Waals surface area contributed by atoms with Gasteiger partial charge in [0.1, 0.15) is 0 Å². The van der Waals surface area contributed by atoms with Crippen LogP contribution in [0.25, 0.3) is 0 Å². The van der Waals surface area contributed by atoms with Crippen molar-refractivity contribution in [3.8, 4) is 0 Å². The standard InChI is InChI=1S/C11H14BNO/c1-2-11(14)10-6-5-8-12-7-3-4-9-13(10)12/h3-9,11,14H,2H2,1H3. The van der Waals surface area contributed by atoms with Gasteiger partial charge in [0.2, 0.25) is 0 Å². The topological polar surface area (TPSA) is 23.5 Å². The third kappa shape index (κ3) is 1.55. The van der Waals surface area contributed by atoms with Crippen molar-refractivity contribution in [3.05, 3.63) is 48.2 Å². The molecule has 72 valence electrons. The van der Waals surface area contributed by atoms with Crippen LogP contribution < -0.4 is 0 Å². The van der Waals surface area contributed by atoms with E-state index in [1.165, 1.54) is 0 Å². The van der Waals surface area contributed by atoms with Gasteiger partial charge in [-0.2, -0.15) is 0 Å². The number of allylic oxidation sites excluding steroid dienone is 4. The summed E-state index contributed by atoms with van der Waals surface area (Å²) in [7, 11) is 0. The van der Waals surface area contributed by atoms with Crippen LogP contribution in [-0.2, 0) is 0 Å². The molecule has 2 aliphatic rings. The Labute approximate surface area is 85.0 Å². The Balaban J connectivity index is 2.25. The molecule has 2 nitrogen and oxygen atoms in total. The van der Waals surface area contributed by atoms with Gasteiger partial charge in [0.25, 0.3) is 0 Å². The van der Waals surface area contributed by atoms with E-state index in [-0.39, 0.29) is 13.0 Å². The average molecular weight is 187 g/mol. The predicted molar refractivity (Wildman–Crippen MR) is 59.4 cm³/mol. The molecule has 0 saturated carbocycles. The first-order valence-electron chi connectivity index (χ1n) is 5.02. The lowest BCUT2D eigenvalue weighted by Gasteiger charge is -2.33. The van der Waals surface area contributed by atoms with E-state index in [2.05, 4.69) is 16.8 Å². The normalized spacial score (nSPS) is 20.9. The van der Waals surface area contributed by atoms with Crippen molar-refractivity contribution in [3.63, 3.8) is 0 Å². The van der Waals surface area contributed by atoms with E-state index in [4.69, 9.17) is 0 Å². The van der Waals surface area contributed by atoms with Gasteiger partial charge in [0.15, 0.2) is 0 Å². The van der Waals surface area contributed by atoms with E-state index in [1.54, 1.807) is 0 Å². The molecule has 3 heteroatoms. The summed E-state index contributed by atoms with van der Waals surface area (Å²) in [5.74, 6) is 4.23. The molecule has 0 fully saturated rings. The number of hydrogen-bond acceptors (Lipinski definition) is 2. The Bertz CT molecular complexity index is 330. The van der Waals surface area contributed by atoms with Crippen molar-refractivity contribution < 1.29 is 5.11 Å². The van der Waals surface area contributed by atoms with Crippen LogP contribution in [0.4, 0.5) is 0 Å². The van der Waals surface area contributed by atoms with Gasteiger partial charge in [-0.1, -0.05) is 31.0 Å². The SMILES string of the molecule is CCC(O)C1=CC=CB2C=CC=CN21. The van der Waals surface area contributed by atoms with Crippen LogP contribution in [0.1, 0.15) is 13.3 Å². The first-order chi connectivity index (χ1) is 6.83. The lowest BCUT2D eigenvalue weighted by molar-refractivity contribution is 0.188. The molecule has 0 aliphatic carbocycles. The molecule has 0 saturated heterocycles. The maximum atomic E-state index is 9.82. The minimum absolute atomic E-state index is 0.279. The van der Waals surface area contributed by atoms with Gasteiger partial charge in [-0.05, 0) is 24.8 Å². The molecule has 1 N–H and O–H groups in total. The Morgan fingerprint density at radius 2 is 2.14 bits per heavy atom. The highest BCUT2D eigenvalue weighted by molar-refractivity contribution is 6.67. The third-order valence-electron chi connectivity index (χ3n) is 2.59. The van der Waals surface area contributed by atoms with Crippen LogP contribution in [0.15, 0.2) is 48.2 Å². The Morgan fingerprint density at radius 1 is 1.36 bits per heavy atom. The number of rotatable bonds is 2. The fraction of sp³-hybridized carbons (Fsp3) is 0.273. The van der Waals surface area contributed by atoms with E-state index in [9.17, 15) is 5.11 Å². The third-order valence-corrected chi connectivity index (χ3v) is 2.59. The van der Waals surface area contributed by atoms with Crippen molar-refractivity contribution >= 4 is 6.85 Å². The van der Waals surface area contributed by atoms with Gasteiger partial charge in [-0.15, -0.1) is 0 Å². The van der Waals surface area contributed by atoms with Gasteiger partial charge >= 0.3 is 6.85 Å². The molecule has 0 spiro atoms. The lowest BCUT2D eigenvalue weighted by atomic mass is 9.57. The van der Waals surface area contributed by atoms with E-state index in [1.807, 2.05) is 37.4 Å². The minimum Gasteiger partial charge on any atom is -0.387 e. The second-order valence-electron chi connectivity index (χ2n) is 3.52. The molecule has 14 heavy (non-hydrogen) atoms. The maximum Gasteiger partial charge on any atom is 0.312 e. The first kappa shape index (κ1) is 9.34. The maximum absolute atomic E-state index is 9.82. The van der Waals surface area contributed by atoms with Crippen LogP contribution in [0.5, 0.6) is 0 Å². The Kier molecular flexibility index (Phi) is 2.59. The molecule has 1 unspecified atom stereocenters. The molecule has 0 amide bonds. The molecule has 0 radical (unpaired) electrons. The fourth-order valence-corrected chi connectivity index (χ4v) is 1.77. The highest BCUT2D eigenvalue weighted by Gasteiger charge is 2.25. The zero-order valence-electron chi connectivity index (χ0n) is 8.30. The zero-order valence-corrected chi connectivity index (χ0v) is 8.30. The Morgan fingerprint density at radius 3 is 2.93 bits per heavy atom. The van der Waals surface area contributed by atoms with Gasteiger partial charge in [0.05, 0.1) is 6.10 Å². The summed E-state index contributed by atoms with van der Waals surface area (Å²) in [6.07, 6.45) is 10.4. The van der Waals surface area contributed by atoms with Gasteiger partial charge in [0, 0.05) is 5.70 Å². The van der Waals surface area contributed by atoms with Crippen molar-refractivity contribution in [2.75, 3.05) is 0 Å². The van der Waals surface area contributed by atoms with Crippen molar-refractivity contribution in [1.29, 1.82) is 0 Å². The summed E-state index contributed by atoms with van der Waals surface area (Å²) in [4.78, 5) is 2.11. The van der Waals surface area contributed by atoms with E-state index >= 15 is 0 Å². The molecule has 0 bridgehead atoms. The number of nitrogens with zero attached hydrogens (tertiary/aromatic N) is 1. The molecule has 2 rings (SSSR count). The first-order valence-corrected chi connectivity index (χ1v) is 5.02. The van der Waals surface area contributed by atoms with Gasteiger partial charge in [-0.25, -0.2) is 0 Å². The van der Waals surface area contributed by atoms with Crippen LogP contribution in [0, 0.1) is 0 Å². The van der Waals surface area contributed by atoms with E-state index < -0.39 is 0 Å². The summed E-state index contributed by atoms with van der Waals surface area (Å²) >= 11 is 0. The number of aliphatic hydroxyl groups is 1. The largest absolute Gasteiger partial charge is 0.387 e. The lowest BCUT2D eigenvalue weighted by Crippen LogP contribution is -2.38. The van der Waals surface area contributed by atoms with Crippen molar-refractivity contribution in [1.82, 2.24) is 4.81 Å². The van der Waals surface area contributed by atoms with Crippen LogP contribution in [0.3, 0.4) is 0 Å². The molecule has 0 aromatic heterocycles. The monoisotopic (exact) mass is 187 g/mol. The molecule has 0 aromatic carbocycles. The summed E-state index contributed by atoms with van der Waals surface area (Å²) in [6.45, 7) is 2.27. The van der Waals surface area contributed by atoms with Gasteiger partial charge in [-0.3, -0.25) is 0 Å². The Hall–Kier alpha value is -1.22. The second-order valence-corrected chi connectivity index (χ2v) is 3.52. The quantitative estimate of drug-likeness (QED) is 0.664. The number of aliphatic hydroxyl groups excluding tert-OH is 1. The van der Waals surface area contributed by atoms with Gasteiger partial charge < -0.3 is 9.92 Å².